The lowest BCUT2D eigenvalue weighted by atomic mass is 10.2. The minimum absolute atomic E-state index is 0.00223. The Morgan fingerprint density at radius 2 is 1.88 bits per heavy atom. The molecule has 0 radical (unpaired) electrons. The number of methoxy groups -OCH3 is 1. The quantitative estimate of drug-likeness (QED) is 0.254. The molecule has 12 heteroatoms. The maximum absolute atomic E-state index is 13.1. The molecule has 0 saturated carbocycles. The zero-order chi connectivity index (χ0) is 24.9. The van der Waals surface area contributed by atoms with Crippen LogP contribution in [0.5, 0.6) is 0 Å². The number of hydrogen-bond acceptors (Lipinski definition) is 5. The summed E-state index contributed by atoms with van der Waals surface area (Å²) in [6.07, 6.45) is -3.94. The van der Waals surface area contributed by atoms with Crippen molar-refractivity contribution in [1.29, 1.82) is 0 Å². The summed E-state index contributed by atoms with van der Waals surface area (Å²) in [6.45, 7) is 2.70. The summed E-state index contributed by atoms with van der Waals surface area (Å²) < 4.78 is 46.4. The van der Waals surface area contributed by atoms with E-state index in [1.807, 2.05) is 16.7 Å². The van der Waals surface area contributed by atoms with E-state index in [4.69, 9.17) is 27.9 Å². The lowest BCUT2D eigenvalue weighted by molar-refractivity contribution is -0.137. The summed E-state index contributed by atoms with van der Waals surface area (Å²) in [4.78, 5) is 12.7. The number of anilines is 1. The lowest BCUT2D eigenvalue weighted by Crippen LogP contribution is -2.23. The molecule has 0 fully saturated rings. The second-order valence-corrected chi connectivity index (χ2v) is 9.40. The van der Waals surface area contributed by atoms with E-state index in [-0.39, 0.29) is 5.69 Å². The third-order valence-corrected chi connectivity index (χ3v) is 6.40. The van der Waals surface area contributed by atoms with Gasteiger partial charge in [0.15, 0.2) is 11.0 Å². The van der Waals surface area contributed by atoms with E-state index in [1.165, 1.54) is 6.07 Å². The number of aromatic nitrogens is 3. The Balaban J connectivity index is 1.78. The van der Waals surface area contributed by atoms with Crippen molar-refractivity contribution in [3.63, 3.8) is 0 Å². The van der Waals surface area contributed by atoms with Crippen LogP contribution in [-0.2, 0) is 22.3 Å². The van der Waals surface area contributed by atoms with Crippen molar-refractivity contribution < 1.29 is 22.7 Å². The Kier molecular flexibility index (Phi) is 8.86. The molecule has 1 atom stereocenters. The van der Waals surface area contributed by atoms with Gasteiger partial charge in [0.1, 0.15) is 0 Å². The topological polar surface area (TPSA) is 69.0 Å². The van der Waals surface area contributed by atoms with Gasteiger partial charge in [-0.25, -0.2) is 0 Å². The van der Waals surface area contributed by atoms with E-state index in [0.717, 1.165) is 29.5 Å². The van der Waals surface area contributed by atoms with Gasteiger partial charge in [0.05, 0.1) is 15.8 Å². The van der Waals surface area contributed by atoms with Crippen LogP contribution in [0.3, 0.4) is 0 Å². The molecule has 1 unspecified atom stereocenters. The number of nitrogens with one attached hydrogen (secondary N) is 1. The molecule has 0 aliphatic carbocycles. The molecular formula is C22H21Cl2F3N4O2S. The monoisotopic (exact) mass is 532 g/mol. The maximum atomic E-state index is 13.1. The van der Waals surface area contributed by atoms with Crippen molar-refractivity contribution in [2.24, 2.45) is 0 Å². The number of carbonyl (C=O) groups is 1. The molecule has 0 saturated heterocycles. The molecule has 0 aliphatic rings. The molecule has 0 bridgehead atoms. The smallest absolute Gasteiger partial charge is 0.385 e. The van der Waals surface area contributed by atoms with Crippen LogP contribution in [0.2, 0.25) is 10.0 Å². The fraction of sp³-hybridized carbons (Fsp3) is 0.318. The van der Waals surface area contributed by atoms with Crippen molar-refractivity contribution in [2.75, 3.05) is 19.0 Å². The van der Waals surface area contributed by atoms with E-state index in [9.17, 15) is 18.0 Å². The zero-order valence-electron chi connectivity index (χ0n) is 18.2. The normalized spacial score (nSPS) is 12.6. The van der Waals surface area contributed by atoms with Gasteiger partial charge in [0.25, 0.3) is 0 Å². The van der Waals surface area contributed by atoms with Gasteiger partial charge in [-0.3, -0.25) is 4.79 Å². The van der Waals surface area contributed by atoms with Gasteiger partial charge in [0.2, 0.25) is 5.91 Å². The van der Waals surface area contributed by atoms with Crippen molar-refractivity contribution in [3.8, 4) is 11.4 Å². The Hall–Kier alpha value is -2.27. The van der Waals surface area contributed by atoms with Crippen molar-refractivity contribution in [3.05, 3.63) is 58.1 Å². The molecule has 0 aliphatic heterocycles. The second kappa shape index (κ2) is 11.4. The molecule has 6 nitrogen and oxygen atoms in total. The number of halogens is 5. The van der Waals surface area contributed by atoms with Crippen LogP contribution in [0.25, 0.3) is 11.4 Å². The van der Waals surface area contributed by atoms with Gasteiger partial charge in [-0.05, 0) is 55.8 Å². The van der Waals surface area contributed by atoms with E-state index < -0.39 is 27.9 Å². The van der Waals surface area contributed by atoms with Gasteiger partial charge in [0, 0.05) is 36.5 Å². The number of hydrogen-bond donors (Lipinski definition) is 1. The Morgan fingerprint density at radius 3 is 2.53 bits per heavy atom. The number of carbonyl (C=O) groups excluding carboxylic acids is 1. The van der Waals surface area contributed by atoms with Crippen LogP contribution >= 0.6 is 35.0 Å². The van der Waals surface area contributed by atoms with E-state index in [0.29, 0.717) is 35.6 Å². The van der Waals surface area contributed by atoms with Crippen LogP contribution in [-0.4, -0.2) is 39.6 Å². The first-order valence-corrected chi connectivity index (χ1v) is 11.8. The average Bonchev–Trinajstić information content (AvgIpc) is 3.17. The Morgan fingerprint density at radius 1 is 1.18 bits per heavy atom. The van der Waals surface area contributed by atoms with E-state index in [1.54, 1.807) is 26.2 Å². The van der Waals surface area contributed by atoms with Gasteiger partial charge in [-0.1, -0.05) is 35.0 Å². The maximum Gasteiger partial charge on any atom is 0.417 e. The summed E-state index contributed by atoms with van der Waals surface area (Å²) in [5, 5.41) is 11.0. The zero-order valence-corrected chi connectivity index (χ0v) is 20.5. The van der Waals surface area contributed by atoms with Gasteiger partial charge in [-0.15, -0.1) is 10.2 Å². The highest BCUT2D eigenvalue weighted by molar-refractivity contribution is 8.00. The molecule has 1 heterocycles. The summed E-state index contributed by atoms with van der Waals surface area (Å²) in [6, 6.07) is 10.4. The van der Waals surface area contributed by atoms with E-state index in [2.05, 4.69) is 15.5 Å². The Labute approximate surface area is 208 Å². The summed E-state index contributed by atoms with van der Waals surface area (Å²) in [5.41, 5.74) is -0.213. The van der Waals surface area contributed by atoms with Gasteiger partial charge in [-0.2, -0.15) is 13.2 Å². The number of amides is 1. The van der Waals surface area contributed by atoms with Crippen LogP contribution in [0.15, 0.2) is 47.6 Å². The fourth-order valence-corrected chi connectivity index (χ4v) is 4.26. The first kappa shape index (κ1) is 26.3. The van der Waals surface area contributed by atoms with E-state index >= 15 is 0 Å². The molecule has 1 aromatic heterocycles. The third-order valence-electron chi connectivity index (χ3n) is 4.74. The second-order valence-electron chi connectivity index (χ2n) is 7.25. The molecule has 0 spiro atoms. The average molecular weight is 533 g/mol. The molecule has 34 heavy (non-hydrogen) atoms. The minimum Gasteiger partial charge on any atom is -0.385 e. The molecule has 3 aromatic rings. The van der Waals surface area contributed by atoms with Crippen LogP contribution in [0.1, 0.15) is 18.9 Å². The number of alkyl halides is 3. The number of ether oxygens (including phenoxy) is 1. The van der Waals surface area contributed by atoms with Crippen LogP contribution < -0.4 is 5.32 Å². The number of rotatable bonds is 9. The molecular weight excluding hydrogens is 512 g/mol. The van der Waals surface area contributed by atoms with Gasteiger partial charge < -0.3 is 14.6 Å². The van der Waals surface area contributed by atoms with Crippen LogP contribution in [0, 0.1) is 0 Å². The molecule has 1 amide bonds. The highest BCUT2D eigenvalue weighted by atomic mass is 35.5. The van der Waals surface area contributed by atoms with Crippen molar-refractivity contribution in [1.82, 2.24) is 14.8 Å². The number of nitrogens with zero attached hydrogens (tertiary/aromatic N) is 3. The first-order valence-electron chi connectivity index (χ1n) is 10.1. The summed E-state index contributed by atoms with van der Waals surface area (Å²) in [7, 11) is 1.61. The predicted octanol–water partition coefficient (Wildman–Crippen LogP) is 6.43. The minimum atomic E-state index is -4.63. The molecule has 182 valence electrons. The van der Waals surface area contributed by atoms with Crippen molar-refractivity contribution in [2.45, 2.75) is 36.5 Å². The SMILES string of the molecule is COCCCn1c(SC(C)C(=O)Nc2ccc(Cl)c(C(F)(F)F)c2)nnc1-c1ccc(Cl)cc1. The lowest BCUT2D eigenvalue weighted by Gasteiger charge is -2.15. The first-order chi connectivity index (χ1) is 16.1. The summed E-state index contributed by atoms with van der Waals surface area (Å²) >= 11 is 12.8. The standard InChI is InChI=1S/C22H21Cl2F3N4O2S/c1-13(20(32)28-16-8-9-18(24)17(12-16)22(25,26)27)34-21-30-29-19(31(21)10-3-11-33-2)14-4-6-15(23)7-5-14/h4-9,12-13H,3,10-11H2,1-2H3,(H,28,32). The third kappa shape index (κ3) is 6.65. The summed E-state index contributed by atoms with van der Waals surface area (Å²) in [5.74, 6) is 0.121. The van der Waals surface area contributed by atoms with Gasteiger partial charge >= 0.3 is 6.18 Å². The predicted molar refractivity (Wildman–Crippen MR) is 127 cm³/mol. The van der Waals surface area contributed by atoms with Crippen molar-refractivity contribution >= 4 is 46.6 Å². The Bertz CT molecular complexity index is 1140. The van der Waals surface area contributed by atoms with Crippen LogP contribution in [0.4, 0.5) is 18.9 Å². The highest BCUT2D eigenvalue weighted by Crippen LogP contribution is 2.36. The molecule has 2 aromatic carbocycles. The highest BCUT2D eigenvalue weighted by Gasteiger charge is 2.33. The number of thioether (sulfide) groups is 1. The molecule has 3 rings (SSSR count). The fourth-order valence-electron chi connectivity index (χ4n) is 3.03. The largest absolute Gasteiger partial charge is 0.417 e. The number of benzene rings is 2. The molecule has 1 N–H and O–H groups in total.